The van der Waals surface area contributed by atoms with Crippen LogP contribution in [0.2, 0.25) is 0 Å². The highest BCUT2D eigenvalue weighted by molar-refractivity contribution is 6.03. The third-order valence-electron chi connectivity index (χ3n) is 4.96. The van der Waals surface area contributed by atoms with Crippen molar-refractivity contribution in [1.82, 2.24) is 10.3 Å². The summed E-state index contributed by atoms with van der Waals surface area (Å²) in [6.45, 7) is 1.44. The van der Waals surface area contributed by atoms with Gasteiger partial charge in [0.15, 0.2) is 6.61 Å². The van der Waals surface area contributed by atoms with Gasteiger partial charge in [0.2, 0.25) is 5.56 Å². The molecule has 6 nitrogen and oxygen atoms in total. The van der Waals surface area contributed by atoms with Crippen molar-refractivity contribution in [2.45, 2.75) is 13.0 Å². The number of carbonyl (C=O) groups excluding carboxylic acids is 2. The zero-order valence-electron chi connectivity index (χ0n) is 16.3. The van der Waals surface area contributed by atoms with Crippen molar-refractivity contribution in [3.05, 3.63) is 94.3 Å². The van der Waals surface area contributed by atoms with Crippen molar-refractivity contribution in [2.75, 3.05) is 6.61 Å². The van der Waals surface area contributed by atoms with Crippen molar-refractivity contribution < 1.29 is 14.3 Å². The van der Waals surface area contributed by atoms with Crippen molar-refractivity contribution in [3.63, 3.8) is 0 Å². The largest absolute Gasteiger partial charge is 0.452 e. The maximum Gasteiger partial charge on any atom is 0.339 e. The average molecular weight is 400 g/mol. The standard InChI is InChI=1S/C24H20N2O4/c1-15(17-11-10-16-6-2-3-7-18(16)12-17)25-23(28)14-30-24(29)20-13-22(27)26-21-9-5-4-8-19(20)21/h2-13,15H,14H2,1H3,(H,25,28)(H,26,27). The van der Waals surface area contributed by atoms with Gasteiger partial charge in [-0.25, -0.2) is 4.79 Å². The fraction of sp³-hybridized carbons (Fsp3) is 0.125. The van der Waals surface area contributed by atoms with Crippen LogP contribution >= 0.6 is 0 Å². The molecule has 4 rings (SSSR count). The van der Waals surface area contributed by atoms with Crippen LogP contribution in [0.25, 0.3) is 21.7 Å². The quantitative estimate of drug-likeness (QED) is 0.500. The second kappa shape index (κ2) is 8.21. The molecule has 0 bridgehead atoms. The summed E-state index contributed by atoms with van der Waals surface area (Å²) in [6.07, 6.45) is 0. The number of carbonyl (C=O) groups is 2. The minimum Gasteiger partial charge on any atom is -0.452 e. The van der Waals surface area contributed by atoms with Gasteiger partial charge in [-0.2, -0.15) is 0 Å². The van der Waals surface area contributed by atoms with Crippen LogP contribution in [-0.2, 0) is 9.53 Å². The number of pyridine rings is 1. The summed E-state index contributed by atoms with van der Waals surface area (Å²) in [5.74, 6) is -1.14. The molecular formula is C24H20N2O4. The van der Waals surface area contributed by atoms with Gasteiger partial charge < -0.3 is 15.0 Å². The number of rotatable bonds is 5. The normalized spacial score (nSPS) is 11.9. The molecule has 6 heteroatoms. The van der Waals surface area contributed by atoms with Crippen LogP contribution in [-0.4, -0.2) is 23.5 Å². The van der Waals surface area contributed by atoms with Gasteiger partial charge in [0.05, 0.1) is 11.6 Å². The van der Waals surface area contributed by atoms with E-state index < -0.39 is 24.0 Å². The van der Waals surface area contributed by atoms with Gasteiger partial charge in [0.1, 0.15) is 0 Å². The molecule has 0 aliphatic rings. The van der Waals surface area contributed by atoms with E-state index in [1.165, 1.54) is 6.07 Å². The summed E-state index contributed by atoms with van der Waals surface area (Å²) in [6, 6.07) is 21.8. The molecule has 0 saturated heterocycles. The summed E-state index contributed by atoms with van der Waals surface area (Å²) >= 11 is 0. The number of hydrogen-bond donors (Lipinski definition) is 2. The van der Waals surface area contributed by atoms with E-state index in [0.29, 0.717) is 10.9 Å². The maximum atomic E-state index is 12.5. The first-order valence-corrected chi connectivity index (χ1v) is 9.58. The molecule has 0 radical (unpaired) electrons. The molecule has 0 fully saturated rings. The summed E-state index contributed by atoms with van der Waals surface area (Å²) in [7, 11) is 0. The zero-order chi connectivity index (χ0) is 21.1. The van der Waals surface area contributed by atoms with Crippen molar-refractivity contribution in [3.8, 4) is 0 Å². The van der Waals surface area contributed by atoms with E-state index >= 15 is 0 Å². The van der Waals surface area contributed by atoms with E-state index in [4.69, 9.17) is 4.74 Å². The first kappa shape index (κ1) is 19.4. The maximum absolute atomic E-state index is 12.5. The number of aromatic amines is 1. The number of aromatic nitrogens is 1. The zero-order valence-corrected chi connectivity index (χ0v) is 16.3. The highest BCUT2D eigenvalue weighted by Gasteiger charge is 2.16. The van der Waals surface area contributed by atoms with E-state index in [-0.39, 0.29) is 11.6 Å². The summed E-state index contributed by atoms with van der Waals surface area (Å²) in [5.41, 5.74) is 1.21. The number of amides is 1. The molecule has 0 aliphatic heterocycles. The molecule has 3 aromatic carbocycles. The minimum absolute atomic E-state index is 0.129. The van der Waals surface area contributed by atoms with Crippen LogP contribution in [0.4, 0.5) is 0 Å². The molecule has 0 spiro atoms. The van der Waals surface area contributed by atoms with Gasteiger partial charge in [-0.15, -0.1) is 0 Å². The molecule has 30 heavy (non-hydrogen) atoms. The number of H-pyrrole nitrogens is 1. The van der Waals surface area contributed by atoms with E-state index in [0.717, 1.165) is 16.3 Å². The van der Waals surface area contributed by atoms with Gasteiger partial charge in [0.25, 0.3) is 5.91 Å². The molecule has 150 valence electrons. The lowest BCUT2D eigenvalue weighted by molar-refractivity contribution is -0.124. The van der Waals surface area contributed by atoms with Gasteiger partial charge in [-0.05, 0) is 35.4 Å². The molecular weight excluding hydrogens is 380 g/mol. The summed E-state index contributed by atoms with van der Waals surface area (Å²) < 4.78 is 5.16. The van der Waals surface area contributed by atoms with Crippen LogP contribution in [0.5, 0.6) is 0 Å². The van der Waals surface area contributed by atoms with E-state index in [2.05, 4.69) is 10.3 Å². The van der Waals surface area contributed by atoms with Crippen LogP contribution in [0.1, 0.15) is 28.9 Å². The Morgan fingerprint density at radius 1 is 0.967 bits per heavy atom. The molecule has 1 unspecified atom stereocenters. The third-order valence-corrected chi connectivity index (χ3v) is 4.96. The first-order chi connectivity index (χ1) is 14.5. The molecule has 2 N–H and O–H groups in total. The molecule has 1 aromatic heterocycles. The Labute approximate surface area is 172 Å². The molecule has 4 aromatic rings. The van der Waals surface area contributed by atoms with Crippen molar-refractivity contribution >= 4 is 33.6 Å². The fourth-order valence-electron chi connectivity index (χ4n) is 3.43. The number of nitrogens with one attached hydrogen (secondary N) is 2. The first-order valence-electron chi connectivity index (χ1n) is 9.58. The monoisotopic (exact) mass is 400 g/mol. The number of fused-ring (bicyclic) bond motifs is 2. The van der Waals surface area contributed by atoms with Crippen LogP contribution in [0.3, 0.4) is 0 Å². The average Bonchev–Trinajstić information content (AvgIpc) is 2.76. The van der Waals surface area contributed by atoms with Gasteiger partial charge >= 0.3 is 5.97 Å². The Balaban J connectivity index is 1.42. The minimum atomic E-state index is -0.717. The predicted molar refractivity (Wildman–Crippen MR) is 115 cm³/mol. The van der Waals surface area contributed by atoms with Gasteiger partial charge in [0, 0.05) is 17.0 Å². The van der Waals surface area contributed by atoms with Gasteiger partial charge in [-0.1, -0.05) is 54.6 Å². The lowest BCUT2D eigenvalue weighted by Gasteiger charge is -2.15. The topological polar surface area (TPSA) is 88.3 Å². The Hall–Kier alpha value is -3.93. The molecule has 0 aliphatic carbocycles. The summed E-state index contributed by atoms with van der Waals surface area (Å²) in [5, 5.41) is 5.60. The summed E-state index contributed by atoms with van der Waals surface area (Å²) in [4.78, 5) is 39.2. The Morgan fingerprint density at radius 3 is 2.53 bits per heavy atom. The van der Waals surface area contributed by atoms with Crippen LogP contribution in [0.15, 0.2) is 77.6 Å². The smallest absolute Gasteiger partial charge is 0.339 e. The van der Waals surface area contributed by atoms with Gasteiger partial charge in [-0.3, -0.25) is 9.59 Å². The molecule has 1 atom stereocenters. The van der Waals surface area contributed by atoms with Crippen molar-refractivity contribution in [2.24, 2.45) is 0 Å². The van der Waals surface area contributed by atoms with Crippen LogP contribution < -0.4 is 10.9 Å². The Bertz CT molecular complexity index is 1310. The lowest BCUT2D eigenvalue weighted by atomic mass is 10.0. The number of hydrogen-bond acceptors (Lipinski definition) is 4. The Kier molecular flexibility index (Phi) is 5.30. The molecule has 0 saturated carbocycles. The van der Waals surface area contributed by atoms with E-state index in [1.54, 1.807) is 24.3 Å². The number of esters is 1. The lowest BCUT2D eigenvalue weighted by Crippen LogP contribution is -2.31. The second-order valence-electron chi connectivity index (χ2n) is 7.06. The highest BCUT2D eigenvalue weighted by Crippen LogP contribution is 2.20. The number of benzene rings is 3. The number of para-hydroxylation sites is 1. The predicted octanol–water partition coefficient (Wildman–Crippen LogP) is 3.72. The second-order valence-corrected chi connectivity index (χ2v) is 7.06. The SMILES string of the molecule is CC(NC(=O)COC(=O)c1cc(=O)[nH]c2ccccc12)c1ccc2ccccc2c1. The third kappa shape index (κ3) is 4.07. The number of ether oxygens (including phenoxy) is 1. The van der Waals surface area contributed by atoms with Crippen LogP contribution in [0, 0.1) is 0 Å². The van der Waals surface area contributed by atoms with Crippen molar-refractivity contribution in [1.29, 1.82) is 0 Å². The Morgan fingerprint density at radius 2 is 1.70 bits per heavy atom. The molecule has 1 heterocycles. The van der Waals surface area contributed by atoms with E-state index in [1.807, 2.05) is 49.4 Å². The fourth-order valence-corrected chi connectivity index (χ4v) is 3.43. The highest BCUT2D eigenvalue weighted by atomic mass is 16.5. The van der Waals surface area contributed by atoms with E-state index in [9.17, 15) is 14.4 Å². The molecule has 1 amide bonds.